The molecule has 6 heteroatoms. The van der Waals surface area contributed by atoms with Crippen molar-refractivity contribution in [1.29, 1.82) is 0 Å². The Morgan fingerprint density at radius 2 is 2.05 bits per heavy atom. The van der Waals surface area contributed by atoms with Gasteiger partial charge in [-0.05, 0) is 44.1 Å². The van der Waals surface area contributed by atoms with Crippen LogP contribution in [0.5, 0.6) is 0 Å². The van der Waals surface area contributed by atoms with E-state index in [2.05, 4.69) is 15.6 Å². The smallest absolute Gasteiger partial charge is 0.253 e. The van der Waals surface area contributed by atoms with Crippen LogP contribution in [0.2, 0.25) is 5.02 Å². The van der Waals surface area contributed by atoms with Gasteiger partial charge < -0.3 is 10.6 Å². The van der Waals surface area contributed by atoms with Crippen molar-refractivity contribution in [3.8, 4) is 0 Å². The van der Waals surface area contributed by atoms with Crippen LogP contribution >= 0.6 is 11.6 Å². The van der Waals surface area contributed by atoms with Gasteiger partial charge in [0.2, 0.25) is 0 Å². The lowest BCUT2D eigenvalue weighted by Crippen LogP contribution is -2.47. The fourth-order valence-corrected chi connectivity index (χ4v) is 2.76. The normalized spacial score (nSPS) is 21.4. The first-order valence-electron chi connectivity index (χ1n) is 6.18. The number of carbonyl (C=O) groups is 1. The molecule has 0 atom stereocenters. The molecule has 0 unspecified atom stereocenters. The highest BCUT2D eigenvalue weighted by atomic mass is 35.5. The van der Waals surface area contributed by atoms with Gasteiger partial charge in [0.15, 0.2) is 0 Å². The number of hydrogen-bond donors (Lipinski definition) is 2. The van der Waals surface area contributed by atoms with E-state index in [1.807, 2.05) is 0 Å². The van der Waals surface area contributed by atoms with Crippen LogP contribution in [0, 0.1) is 5.82 Å². The van der Waals surface area contributed by atoms with Crippen LogP contribution < -0.4 is 10.6 Å². The molecule has 4 nitrogen and oxygen atoms in total. The molecule has 1 aromatic carbocycles. The molecule has 1 saturated heterocycles. The minimum atomic E-state index is -0.682. The van der Waals surface area contributed by atoms with E-state index in [9.17, 15) is 9.18 Å². The topological polar surface area (TPSA) is 53.5 Å². The second-order valence-electron chi connectivity index (χ2n) is 4.82. The lowest BCUT2D eigenvalue weighted by atomic mass is 9.89. The number of rotatable bonds is 1. The van der Waals surface area contributed by atoms with E-state index >= 15 is 0 Å². The molecule has 0 radical (unpaired) electrons. The predicted octanol–water partition coefficient (Wildman–Crippen LogP) is 1.48. The Labute approximate surface area is 115 Å². The zero-order valence-corrected chi connectivity index (χ0v) is 10.9. The molecule has 2 N–H and O–H groups in total. The van der Waals surface area contributed by atoms with Gasteiger partial charge in [-0.1, -0.05) is 11.6 Å². The number of halogens is 2. The molecule has 1 aromatic rings. The third kappa shape index (κ3) is 2.13. The van der Waals surface area contributed by atoms with Crippen molar-refractivity contribution in [2.75, 3.05) is 13.1 Å². The van der Waals surface area contributed by atoms with E-state index in [0.717, 1.165) is 13.1 Å². The molecule has 0 aromatic heterocycles. The van der Waals surface area contributed by atoms with Gasteiger partial charge in [-0.3, -0.25) is 9.79 Å². The van der Waals surface area contributed by atoms with Crippen LogP contribution in [0.4, 0.5) is 4.39 Å². The van der Waals surface area contributed by atoms with Crippen molar-refractivity contribution in [2.45, 2.75) is 18.4 Å². The highest BCUT2D eigenvalue weighted by Gasteiger charge is 2.44. The highest BCUT2D eigenvalue weighted by molar-refractivity contribution is 6.35. The molecular formula is C13H13ClFN3O. The first kappa shape index (κ1) is 12.6. The van der Waals surface area contributed by atoms with Crippen LogP contribution in [0.25, 0.3) is 0 Å². The van der Waals surface area contributed by atoms with E-state index in [1.54, 1.807) is 0 Å². The maximum absolute atomic E-state index is 13.0. The fourth-order valence-electron chi connectivity index (χ4n) is 2.50. The van der Waals surface area contributed by atoms with Gasteiger partial charge in [-0.25, -0.2) is 4.39 Å². The molecule has 1 amide bonds. The van der Waals surface area contributed by atoms with E-state index in [4.69, 9.17) is 11.6 Å². The summed E-state index contributed by atoms with van der Waals surface area (Å²) in [5.41, 5.74) is -0.120. The molecular weight excluding hydrogens is 269 g/mol. The lowest BCUT2D eigenvalue weighted by molar-refractivity contribution is -0.124. The fraction of sp³-hybridized carbons (Fsp3) is 0.385. The van der Waals surface area contributed by atoms with E-state index in [-0.39, 0.29) is 10.9 Å². The summed E-state index contributed by atoms with van der Waals surface area (Å²) in [6, 6.07) is 4.07. The zero-order valence-electron chi connectivity index (χ0n) is 10.2. The quantitative estimate of drug-likeness (QED) is 0.819. The number of nitrogens with zero attached hydrogens (tertiary/aromatic N) is 1. The van der Waals surface area contributed by atoms with Gasteiger partial charge >= 0.3 is 0 Å². The summed E-state index contributed by atoms with van der Waals surface area (Å²) in [6.07, 6.45) is 1.34. The second kappa shape index (κ2) is 4.58. The lowest BCUT2D eigenvalue weighted by Gasteiger charge is -2.28. The van der Waals surface area contributed by atoms with Gasteiger partial charge in [0.1, 0.15) is 17.2 Å². The van der Waals surface area contributed by atoms with Crippen molar-refractivity contribution in [2.24, 2.45) is 4.99 Å². The summed E-state index contributed by atoms with van der Waals surface area (Å²) >= 11 is 6.00. The van der Waals surface area contributed by atoms with Crippen LogP contribution in [-0.2, 0) is 4.79 Å². The second-order valence-corrected chi connectivity index (χ2v) is 5.23. The molecule has 1 spiro atoms. The van der Waals surface area contributed by atoms with Crippen LogP contribution in [0.15, 0.2) is 23.2 Å². The first-order chi connectivity index (χ1) is 9.11. The number of amidine groups is 1. The number of hydrogen-bond acceptors (Lipinski definition) is 3. The Morgan fingerprint density at radius 1 is 1.32 bits per heavy atom. The maximum atomic E-state index is 13.0. The Morgan fingerprint density at radius 3 is 2.74 bits per heavy atom. The van der Waals surface area contributed by atoms with E-state index < -0.39 is 11.4 Å². The average molecular weight is 282 g/mol. The third-order valence-corrected chi connectivity index (χ3v) is 3.91. The van der Waals surface area contributed by atoms with Crippen LogP contribution in [0.1, 0.15) is 18.4 Å². The molecule has 0 aliphatic carbocycles. The summed E-state index contributed by atoms with van der Waals surface area (Å²) in [5, 5.41) is 6.23. The molecule has 2 aliphatic rings. The van der Waals surface area contributed by atoms with Crippen molar-refractivity contribution in [1.82, 2.24) is 10.6 Å². The summed E-state index contributed by atoms with van der Waals surface area (Å²) in [6.45, 7) is 1.53. The van der Waals surface area contributed by atoms with Gasteiger partial charge in [0.25, 0.3) is 5.91 Å². The molecule has 1 fully saturated rings. The zero-order chi connectivity index (χ0) is 13.5. The first-order valence-corrected chi connectivity index (χ1v) is 6.56. The van der Waals surface area contributed by atoms with Gasteiger partial charge in [0, 0.05) is 5.56 Å². The van der Waals surface area contributed by atoms with Crippen molar-refractivity contribution >= 4 is 23.3 Å². The minimum absolute atomic E-state index is 0.0932. The molecule has 2 aliphatic heterocycles. The number of carbonyl (C=O) groups excluding carboxylic acids is 1. The van der Waals surface area contributed by atoms with Crippen molar-refractivity contribution in [3.63, 3.8) is 0 Å². The van der Waals surface area contributed by atoms with E-state index in [0.29, 0.717) is 24.2 Å². The highest BCUT2D eigenvalue weighted by Crippen LogP contribution is 2.30. The molecule has 2 heterocycles. The van der Waals surface area contributed by atoms with Gasteiger partial charge in [-0.15, -0.1) is 0 Å². The predicted molar refractivity (Wildman–Crippen MR) is 70.9 cm³/mol. The molecule has 0 saturated carbocycles. The molecule has 0 bridgehead atoms. The summed E-state index contributed by atoms with van der Waals surface area (Å²) in [4.78, 5) is 16.7. The van der Waals surface area contributed by atoms with Crippen molar-refractivity contribution in [3.05, 3.63) is 34.6 Å². The standard InChI is InChI=1S/C13H13ClFN3O/c14-10-7-8(15)1-2-9(10)11-17-12(19)13(18-11)3-5-16-6-4-13/h1-2,7,16H,3-6H2,(H,17,18,19). The van der Waals surface area contributed by atoms with Crippen LogP contribution in [0.3, 0.4) is 0 Å². The van der Waals surface area contributed by atoms with E-state index in [1.165, 1.54) is 18.2 Å². The SMILES string of the molecule is O=C1NC(c2ccc(F)cc2Cl)=NC12CCNCC2. The summed E-state index contributed by atoms with van der Waals surface area (Å²) < 4.78 is 13.0. The third-order valence-electron chi connectivity index (χ3n) is 3.60. The number of piperidine rings is 1. The summed E-state index contributed by atoms with van der Waals surface area (Å²) in [7, 11) is 0. The van der Waals surface area contributed by atoms with Gasteiger partial charge in [-0.2, -0.15) is 0 Å². The molecule has 100 valence electrons. The minimum Gasteiger partial charge on any atom is -0.317 e. The van der Waals surface area contributed by atoms with Crippen LogP contribution in [-0.4, -0.2) is 30.4 Å². The maximum Gasteiger partial charge on any atom is 0.253 e. The summed E-state index contributed by atoms with van der Waals surface area (Å²) in [5.74, 6) is -0.0588. The Bertz CT molecular complexity index is 567. The molecule has 19 heavy (non-hydrogen) atoms. The Hall–Kier alpha value is -1.46. The Balaban J connectivity index is 1.98. The monoisotopic (exact) mass is 281 g/mol. The van der Waals surface area contributed by atoms with Gasteiger partial charge in [0.05, 0.1) is 5.02 Å². The van der Waals surface area contributed by atoms with Crippen molar-refractivity contribution < 1.29 is 9.18 Å². The largest absolute Gasteiger partial charge is 0.317 e. The number of amides is 1. The number of benzene rings is 1. The number of nitrogens with one attached hydrogen (secondary N) is 2. The number of aliphatic imine (C=N–C) groups is 1. The molecule has 3 rings (SSSR count). The average Bonchev–Trinajstić information content (AvgIpc) is 2.67. The Kier molecular flexibility index (Phi) is 3.03.